The summed E-state index contributed by atoms with van der Waals surface area (Å²) >= 11 is 0. The lowest BCUT2D eigenvalue weighted by Gasteiger charge is -2.05. The molecule has 0 aliphatic carbocycles. The van der Waals surface area contributed by atoms with Crippen molar-refractivity contribution in [1.29, 1.82) is 5.26 Å². The van der Waals surface area contributed by atoms with Gasteiger partial charge < -0.3 is 4.74 Å². The molecule has 21 heavy (non-hydrogen) atoms. The smallest absolute Gasteiger partial charge is 0.269 e. The third-order valence-electron chi connectivity index (χ3n) is 2.73. The van der Waals surface area contributed by atoms with E-state index in [2.05, 4.69) is 0 Å². The second-order valence-electron chi connectivity index (χ2n) is 4.16. The SMILES string of the molecule is N#Cc1cccc(OCC(=O)c2ccc([N+](=O)[O-])cc2)c1. The van der Waals surface area contributed by atoms with Crippen LogP contribution in [0.3, 0.4) is 0 Å². The monoisotopic (exact) mass is 282 g/mol. The van der Waals surface area contributed by atoms with Crippen molar-refractivity contribution >= 4 is 11.5 Å². The Balaban J connectivity index is 2.01. The van der Waals surface area contributed by atoms with Gasteiger partial charge in [-0.05, 0) is 30.3 Å². The van der Waals surface area contributed by atoms with E-state index in [1.165, 1.54) is 30.3 Å². The second-order valence-corrected chi connectivity index (χ2v) is 4.16. The number of non-ortho nitro benzene ring substituents is 1. The molecular formula is C15H10N2O4. The minimum absolute atomic E-state index is 0.0748. The molecule has 0 N–H and O–H groups in total. The molecule has 0 unspecified atom stereocenters. The van der Waals surface area contributed by atoms with Gasteiger partial charge in [-0.3, -0.25) is 14.9 Å². The molecule has 0 aliphatic rings. The van der Waals surface area contributed by atoms with Crippen LogP contribution in [0, 0.1) is 21.4 Å². The van der Waals surface area contributed by atoms with Crippen molar-refractivity contribution in [1.82, 2.24) is 0 Å². The van der Waals surface area contributed by atoms with Crippen LogP contribution in [0.1, 0.15) is 15.9 Å². The first-order valence-electron chi connectivity index (χ1n) is 6.01. The topological polar surface area (TPSA) is 93.2 Å². The molecule has 6 nitrogen and oxygen atoms in total. The number of carbonyl (C=O) groups is 1. The second kappa shape index (κ2) is 6.30. The summed E-state index contributed by atoms with van der Waals surface area (Å²) < 4.78 is 5.31. The summed E-state index contributed by atoms with van der Waals surface area (Å²) in [5.41, 5.74) is 0.696. The van der Waals surface area contributed by atoms with Crippen LogP contribution in [0.15, 0.2) is 48.5 Å². The number of nitriles is 1. The van der Waals surface area contributed by atoms with Crippen LogP contribution < -0.4 is 4.74 Å². The van der Waals surface area contributed by atoms with Gasteiger partial charge in [0.1, 0.15) is 5.75 Å². The molecule has 0 bridgehead atoms. The van der Waals surface area contributed by atoms with Crippen LogP contribution in [-0.2, 0) is 0 Å². The zero-order chi connectivity index (χ0) is 15.2. The van der Waals surface area contributed by atoms with E-state index < -0.39 is 4.92 Å². The van der Waals surface area contributed by atoms with Gasteiger partial charge in [-0.2, -0.15) is 5.26 Å². The summed E-state index contributed by atoms with van der Waals surface area (Å²) in [6, 6.07) is 13.7. The van der Waals surface area contributed by atoms with Gasteiger partial charge in [0, 0.05) is 17.7 Å². The van der Waals surface area contributed by atoms with Crippen LogP contribution in [-0.4, -0.2) is 17.3 Å². The Labute approximate surface area is 120 Å². The Morgan fingerprint density at radius 2 is 1.95 bits per heavy atom. The van der Waals surface area contributed by atoms with E-state index in [1.807, 2.05) is 6.07 Å². The molecule has 0 saturated heterocycles. The number of nitro benzene ring substituents is 1. The van der Waals surface area contributed by atoms with Gasteiger partial charge in [0.15, 0.2) is 12.4 Å². The number of benzene rings is 2. The molecule has 0 atom stereocenters. The fourth-order valence-corrected chi connectivity index (χ4v) is 1.66. The molecule has 0 amide bonds. The summed E-state index contributed by atoms with van der Waals surface area (Å²) in [5.74, 6) is 0.122. The first kappa shape index (κ1) is 14.2. The summed E-state index contributed by atoms with van der Waals surface area (Å²) in [7, 11) is 0. The summed E-state index contributed by atoms with van der Waals surface area (Å²) in [4.78, 5) is 21.9. The van der Waals surface area contributed by atoms with Gasteiger partial charge in [0.2, 0.25) is 0 Å². The zero-order valence-corrected chi connectivity index (χ0v) is 10.9. The van der Waals surface area contributed by atoms with Gasteiger partial charge in [-0.1, -0.05) is 6.07 Å². The van der Waals surface area contributed by atoms with Crippen molar-refractivity contribution in [2.75, 3.05) is 6.61 Å². The van der Waals surface area contributed by atoms with E-state index in [0.29, 0.717) is 16.9 Å². The van der Waals surface area contributed by atoms with Crippen molar-refractivity contribution in [3.05, 3.63) is 69.8 Å². The molecule has 0 fully saturated rings. The Kier molecular flexibility index (Phi) is 4.26. The number of hydrogen-bond acceptors (Lipinski definition) is 5. The zero-order valence-electron chi connectivity index (χ0n) is 10.9. The maximum absolute atomic E-state index is 11.9. The predicted octanol–water partition coefficient (Wildman–Crippen LogP) is 2.73. The maximum atomic E-state index is 11.9. The first-order chi connectivity index (χ1) is 10.1. The number of ketones is 1. The number of rotatable bonds is 5. The molecule has 0 aliphatic heterocycles. The average Bonchev–Trinajstić information content (AvgIpc) is 2.53. The van der Waals surface area contributed by atoms with E-state index in [9.17, 15) is 14.9 Å². The average molecular weight is 282 g/mol. The Morgan fingerprint density at radius 3 is 2.57 bits per heavy atom. The summed E-state index contributed by atoms with van der Waals surface area (Å²) in [6.07, 6.45) is 0. The quantitative estimate of drug-likeness (QED) is 0.477. The summed E-state index contributed by atoms with van der Waals surface area (Å²) in [6.45, 7) is -0.202. The minimum atomic E-state index is -0.530. The standard InChI is InChI=1S/C15H10N2O4/c16-9-11-2-1-3-14(8-11)21-10-15(18)12-4-6-13(7-5-12)17(19)20/h1-8H,10H2. The lowest BCUT2D eigenvalue weighted by molar-refractivity contribution is -0.384. The van der Waals surface area contributed by atoms with E-state index in [-0.39, 0.29) is 18.1 Å². The lowest BCUT2D eigenvalue weighted by atomic mass is 10.1. The van der Waals surface area contributed by atoms with Crippen LogP contribution in [0.2, 0.25) is 0 Å². The minimum Gasteiger partial charge on any atom is -0.485 e. The van der Waals surface area contributed by atoms with Gasteiger partial charge >= 0.3 is 0 Å². The highest BCUT2D eigenvalue weighted by Gasteiger charge is 2.10. The highest BCUT2D eigenvalue weighted by atomic mass is 16.6. The Hall–Kier alpha value is -3.20. The van der Waals surface area contributed by atoms with E-state index in [1.54, 1.807) is 18.2 Å². The molecular weight excluding hydrogens is 272 g/mol. The van der Waals surface area contributed by atoms with Gasteiger partial charge in [0.25, 0.3) is 5.69 Å². The molecule has 0 heterocycles. The van der Waals surface area contributed by atoms with E-state index in [0.717, 1.165) is 0 Å². The van der Waals surface area contributed by atoms with Crippen LogP contribution in [0.4, 0.5) is 5.69 Å². The molecule has 2 aromatic rings. The molecule has 2 rings (SSSR count). The van der Waals surface area contributed by atoms with Crippen molar-refractivity contribution in [2.24, 2.45) is 0 Å². The number of carbonyl (C=O) groups excluding carboxylic acids is 1. The number of nitro groups is 1. The van der Waals surface area contributed by atoms with Crippen LogP contribution in [0.5, 0.6) is 5.75 Å². The number of hydrogen-bond donors (Lipinski definition) is 0. The van der Waals surface area contributed by atoms with Crippen molar-refractivity contribution in [3.63, 3.8) is 0 Å². The van der Waals surface area contributed by atoms with Gasteiger partial charge in [-0.15, -0.1) is 0 Å². The molecule has 104 valence electrons. The Bertz CT molecular complexity index is 717. The van der Waals surface area contributed by atoms with Crippen molar-refractivity contribution in [3.8, 4) is 11.8 Å². The van der Waals surface area contributed by atoms with E-state index in [4.69, 9.17) is 10.00 Å². The highest BCUT2D eigenvalue weighted by Crippen LogP contribution is 2.15. The van der Waals surface area contributed by atoms with Crippen LogP contribution >= 0.6 is 0 Å². The molecule has 0 radical (unpaired) electrons. The normalized spacial score (nSPS) is 9.67. The summed E-state index contributed by atoms with van der Waals surface area (Å²) in [5, 5.41) is 19.3. The first-order valence-corrected chi connectivity index (χ1v) is 6.01. The lowest BCUT2D eigenvalue weighted by Crippen LogP contribution is -2.11. The van der Waals surface area contributed by atoms with Gasteiger partial charge in [-0.25, -0.2) is 0 Å². The van der Waals surface area contributed by atoms with Crippen molar-refractivity contribution in [2.45, 2.75) is 0 Å². The predicted molar refractivity (Wildman–Crippen MR) is 74.1 cm³/mol. The fraction of sp³-hybridized carbons (Fsp3) is 0.0667. The third-order valence-corrected chi connectivity index (χ3v) is 2.73. The molecule has 0 aromatic heterocycles. The molecule has 0 spiro atoms. The molecule has 6 heteroatoms. The fourth-order valence-electron chi connectivity index (χ4n) is 1.66. The highest BCUT2D eigenvalue weighted by molar-refractivity contribution is 5.97. The maximum Gasteiger partial charge on any atom is 0.269 e. The number of nitrogens with zero attached hydrogens (tertiary/aromatic N) is 2. The number of Topliss-reactive ketones (excluding diaryl/α,β-unsaturated/α-hetero) is 1. The number of ether oxygens (including phenoxy) is 1. The van der Waals surface area contributed by atoms with Gasteiger partial charge in [0.05, 0.1) is 16.6 Å². The van der Waals surface area contributed by atoms with Crippen LogP contribution in [0.25, 0.3) is 0 Å². The van der Waals surface area contributed by atoms with E-state index >= 15 is 0 Å². The largest absolute Gasteiger partial charge is 0.485 e. The Morgan fingerprint density at radius 1 is 1.24 bits per heavy atom. The van der Waals surface area contributed by atoms with Crippen molar-refractivity contribution < 1.29 is 14.5 Å². The molecule has 0 saturated carbocycles. The molecule has 2 aromatic carbocycles. The third kappa shape index (κ3) is 3.64.